The molecule has 0 fully saturated rings. The SMILES string of the molecule is c1ccc(N(c2ccccc2)c2ccc3c(-c4ccc5ccccc5c4)c4cc(N(c5ccccc5)c5ccccc5)cc(-c5ccc6ccccc6c5)c4cc3c2)cc1. The van der Waals surface area contributed by atoms with Gasteiger partial charge in [-0.25, -0.2) is 0 Å². The van der Waals surface area contributed by atoms with E-state index in [0.29, 0.717) is 0 Å². The van der Waals surface area contributed by atoms with Crippen LogP contribution < -0.4 is 9.80 Å². The molecule has 0 amide bonds. The second kappa shape index (κ2) is 15.1. The number of fused-ring (bicyclic) bond motifs is 4. The molecule has 0 aliphatic heterocycles. The maximum atomic E-state index is 2.43. The van der Waals surface area contributed by atoms with E-state index in [9.17, 15) is 0 Å². The Bertz CT molecular complexity index is 3230. The highest BCUT2D eigenvalue weighted by Gasteiger charge is 2.21. The van der Waals surface area contributed by atoms with Crippen LogP contribution in [0.15, 0.2) is 243 Å². The van der Waals surface area contributed by atoms with Crippen LogP contribution in [0, 0.1) is 0 Å². The van der Waals surface area contributed by atoms with E-state index in [-0.39, 0.29) is 0 Å². The predicted octanol–water partition coefficient (Wildman–Crippen LogP) is 16.6. The van der Waals surface area contributed by atoms with Crippen molar-refractivity contribution >= 4 is 77.2 Å². The molecule has 0 heterocycles. The van der Waals surface area contributed by atoms with E-state index >= 15 is 0 Å². The summed E-state index contributed by atoms with van der Waals surface area (Å²) in [5, 5.41) is 9.68. The number of para-hydroxylation sites is 4. The van der Waals surface area contributed by atoms with E-state index in [4.69, 9.17) is 0 Å². The molecule has 0 bridgehead atoms. The van der Waals surface area contributed by atoms with Gasteiger partial charge in [0.05, 0.1) is 0 Å². The molecule has 0 aromatic heterocycles. The normalized spacial score (nSPS) is 11.3. The number of rotatable bonds is 8. The first-order valence-electron chi connectivity index (χ1n) is 20.6. The quantitative estimate of drug-likeness (QED) is 0.142. The zero-order valence-corrected chi connectivity index (χ0v) is 33.0. The van der Waals surface area contributed by atoms with Gasteiger partial charge in [0.2, 0.25) is 0 Å². The van der Waals surface area contributed by atoms with Crippen LogP contribution in [0.5, 0.6) is 0 Å². The fourth-order valence-corrected chi connectivity index (χ4v) is 8.92. The van der Waals surface area contributed by atoms with Crippen LogP contribution in [-0.4, -0.2) is 0 Å². The smallest absolute Gasteiger partial charge is 0.0474 e. The molecule has 0 saturated heterocycles. The Balaban J connectivity index is 1.26. The summed E-state index contributed by atoms with van der Waals surface area (Å²) >= 11 is 0. The molecule has 60 heavy (non-hydrogen) atoms. The van der Waals surface area contributed by atoms with Crippen molar-refractivity contribution in [2.45, 2.75) is 0 Å². The molecule has 0 saturated carbocycles. The molecule has 282 valence electrons. The Morgan fingerprint density at radius 1 is 0.217 bits per heavy atom. The van der Waals surface area contributed by atoms with E-state index in [1.807, 2.05) is 0 Å². The molecule has 0 spiro atoms. The second-order valence-corrected chi connectivity index (χ2v) is 15.4. The summed E-state index contributed by atoms with van der Waals surface area (Å²) in [7, 11) is 0. The number of anilines is 6. The van der Waals surface area contributed by atoms with Crippen LogP contribution in [0.2, 0.25) is 0 Å². The average molecular weight is 765 g/mol. The number of hydrogen-bond acceptors (Lipinski definition) is 2. The summed E-state index contributed by atoms with van der Waals surface area (Å²) in [5.74, 6) is 0. The third-order valence-electron chi connectivity index (χ3n) is 11.7. The second-order valence-electron chi connectivity index (χ2n) is 15.4. The summed E-state index contributed by atoms with van der Waals surface area (Å²) in [6.07, 6.45) is 0. The highest BCUT2D eigenvalue weighted by Crippen LogP contribution is 2.47. The van der Waals surface area contributed by atoms with Crippen molar-refractivity contribution in [3.63, 3.8) is 0 Å². The largest absolute Gasteiger partial charge is 0.310 e. The Morgan fingerprint density at radius 3 is 1.20 bits per heavy atom. The molecule has 0 radical (unpaired) electrons. The average Bonchev–Trinajstić information content (AvgIpc) is 3.32. The minimum Gasteiger partial charge on any atom is -0.310 e. The monoisotopic (exact) mass is 764 g/mol. The molecule has 0 atom stereocenters. The minimum absolute atomic E-state index is 1.10. The van der Waals surface area contributed by atoms with Crippen molar-refractivity contribution in [1.82, 2.24) is 0 Å². The van der Waals surface area contributed by atoms with Gasteiger partial charge in [-0.3, -0.25) is 0 Å². The summed E-state index contributed by atoms with van der Waals surface area (Å²) in [5.41, 5.74) is 11.4. The van der Waals surface area contributed by atoms with Gasteiger partial charge in [-0.2, -0.15) is 0 Å². The first kappa shape index (κ1) is 35.2. The van der Waals surface area contributed by atoms with E-state index in [1.165, 1.54) is 65.3 Å². The van der Waals surface area contributed by atoms with E-state index in [0.717, 1.165) is 34.1 Å². The Hall–Kier alpha value is -7.94. The van der Waals surface area contributed by atoms with Crippen molar-refractivity contribution in [3.05, 3.63) is 243 Å². The fraction of sp³-hybridized carbons (Fsp3) is 0. The molecule has 2 nitrogen and oxygen atoms in total. The number of nitrogens with zero attached hydrogens (tertiary/aromatic N) is 2. The Labute approximate surface area is 350 Å². The highest BCUT2D eigenvalue weighted by atomic mass is 15.1. The lowest BCUT2D eigenvalue weighted by atomic mass is 9.87. The number of hydrogen-bond donors (Lipinski definition) is 0. The van der Waals surface area contributed by atoms with Gasteiger partial charge >= 0.3 is 0 Å². The van der Waals surface area contributed by atoms with Crippen LogP contribution >= 0.6 is 0 Å². The zero-order chi connectivity index (χ0) is 39.8. The van der Waals surface area contributed by atoms with Gasteiger partial charge in [0.1, 0.15) is 0 Å². The lowest BCUT2D eigenvalue weighted by molar-refractivity contribution is 1.29. The predicted molar refractivity (Wildman–Crippen MR) is 257 cm³/mol. The maximum Gasteiger partial charge on any atom is 0.0474 e. The molecule has 2 heteroatoms. The third-order valence-corrected chi connectivity index (χ3v) is 11.7. The van der Waals surface area contributed by atoms with Gasteiger partial charge in [-0.05, 0) is 156 Å². The van der Waals surface area contributed by atoms with Gasteiger partial charge in [-0.1, -0.05) is 152 Å². The van der Waals surface area contributed by atoms with Crippen LogP contribution in [-0.2, 0) is 0 Å². The van der Waals surface area contributed by atoms with Crippen molar-refractivity contribution in [3.8, 4) is 22.3 Å². The van der Waals surface area contributed by atoms with E-state index in [1.54, 1.807) is 0 Å². The summed E-state index contributed by atoms with van der Waals surface area (Å²) in [6.45, 7) is 0. The molecule has 0 aliphatic carbocycles. The van der Waals surface area contributed by atoms with Gasteiger partial charge in [0.25, 0.3) is 0 Å². The van der Waals surface area contributed by atoms with Crippen LogP contribution in [0.1, 0.15) is 0 Å². The van der Waals surface area contributed by atoms with Crippen LogP contribution in [0.4, 0.5) is 34.1 Å². The Morgan fingerprint density at radius 2 is 0.667 bits per heavy atom. The molecule has 11 aromatic rings. The lowest BCUT2D eigenvalue weighted by Crippen LogP contribution is -2.10. The minimum atomic E-state index is 1.10. The van der Waals surface area contributed by atoms with E-state index < -0.39 is 0 Å². The van der Waals surface area contributed by atoms with Crippen molar-refractivity contribution in [2.75, 3.05) is 9.80 Å². The van der Waals surface area contributed by atoms with Crippen LogP contribution in [0.3, 0.4) is 0 Å². The van der Waals surface area contributed by atoms with Crippen molar-refractivity contribution < 1.29 is 0 Å². The summed E-state index contributed by atoms with van der Waals surface area (Å²) < 4.78 is 0. The zero-order valence-electron chi connectivity index (χ0n) is 33.0. The highest BCUT2D eigenvalue weighted by molar-refractivity contribution is 6.18. The molecule has 0 aliphatic rings. The van der Waals surface area contributed by atoms with Gasteiger partial charge < -0.3 is 9.80 Å². The lowest BCUT2D eigenvalue weighted by Gasteiger charge is -2.28. The van der Waals surface area contributed by atoms with Crippen LogP contribution in [0.25, 0.3) is 65.3 Å². The molecule has 0 unspecified atom stereocenters. The Kier molecular flexibility index (Phi) is 8.87. The third kappa shape index (κ3) is 6.41. The standard InChI is InChI=1S/C58H40N2/c1-5-21-48(22-6-1)59(49-23-7-2-8-24-49)52-33-34-54-47(37-52)38-56-55(45-31-29-41-17-13-15-19-43(41)35-45)39-53(60(50-25-9-3-10-26-50)51-27-11-4-12-28-51)40-57(56)58(54)46-32-30-42-18-14-16-20-44(42)36-46/h1-40H. The molecule has 0 N–H and O–H groups in total. The summed E-state index contributed by atoms with van der Waals surface area (Å²) in [4.78, 5) is 4.74. The molecule has 11 rings (SSSR count). The topological polar surface area (TPSA) is 6.48 Å². The maximum absolute atomic E-state index is 2.43. The molecular weight excluding hydrogens is 725 g/mol. The molecule has 11 aromatic carbocycles. The van der Waals surface area contributed by atoms with Gasteiger partial charge in [0, 0.05) is 34.1 Å². The van der Waals surface area contributed by atoms with Gasteiger partial charge in [-0.15, -0.1) is 0 Å². The van der Waals surface area contributed by atoms with Gasteiger partial charge in [0.15, 0.2) is 0 Å². The fourth-order valence-electron chi connectivity index (χ4n) is 8.92. The van der Waals surface area contributed by atoms with Crippen molar-refractivity contribution in [1.29, 1.82) is 0 Å². The number of benzene rings is 11. The summed E-state index contributed by atoms with van der Waals surface area (Å²) in [6, 6.07) is 88.2. The van der Waals surface area contributed by atoms with Crippen molar-refractivity contribution in [2.24, 2.45) is 0 Å². The molecular formula is C58H40N2. The first-order valence-corrected chi connectivity index (χ1v) is 20.6. The van der Waals surface area contributed by atoms with E-state index in [2.05, 4.69) is 252 Å². The first-order chi connectivity index (χ1) is 29.7.